The van der Waals surface area contributed by atoms with Gasteiger partial charge in [0.15, 0.2) is 11.6 Å². The quantitative estimate of drug-likeness (QED) is 0.444. The molecule has 2 atom stereocenters. The molecule has 166 valence electrons. The Kier molecular flexibility index (Phi) is 6.87. The van der Waals surface area contributed by atoms with E-state index in [2.05, 4.69) is 0 Å². The number of ketones is 2. The standard InChI is InChI=1S/C25H36O5/c1-14(2)9-10-17-21(27)19(20(26)16(5)6)22(28)25(12-11-15(3)4)13-18(24(7,8)29)30-23(17)25/h9,11,16,18,27,29H,10,12-13H2,1-8H3/t18-,25-/m1/s1. The van der Waals surface area contributed by atoms with Gasteiger partial charge in [0.1, 0.15) is 23.2 Å². The van der Waals surface area contributed by atoms with Gasteiger partial charge in [-0.05, 0) is 54.4 Å². The van der Waals surface area contributed by atoms with Crippen molar-refractivity contribution in [2.45, 2.75) is 86.4 Å². The lowest BCUT2D eigenvalue weighted by Gasteiger charge is -2.33. The third kappa shape index (κ3) is 4.46. The minimum absolute atomic E-state index is 0.131. The number of carbonyl (C=O) groups excluding carboxylic acids is 2. The first kappa shape index (κ1) is 24.1. The third-order valence-electron chi connectivity index (χ3n) is 5.82. The summed E-state index contributed by atoms with van der Waals surface area (Å²) in [5.41, 5.74) is 0.156. The van der Waals surface area contributed by atoms with Crippen molar-refractivity contribution in [1.29, 1.82) is 0 Å². The van der Waals surface area contributed by atoms with Gasteiger partial charge in [-0.2, -0.15) is 0 Å². The molecule has 1 saturated heterocycles. The van der Waals surface area contributed by atoms with Crippen molar-refractivity contribution < 1.29 is 24.5 Å². The van der Waals surface area contributed by atoms with Gasteiger partial charge in [0.05, 0.1) is 11.0 Å². The Morgan fingerprint density at radius 2 is 1.77 bits per heavy atom. The van der Waals surface area contributed by atoms with Crippen LogP contribution in [0.5, 0.6) is 0 Å². The van der Waals surface area contributed by atoms with Gasteiger partial charge in [0.25, 0.3) is 0 Å². The second kappa shape index (κ2) is 8.54. The average Bonchev–Trinajstić information content (AvgIpc) is 3.01. The van der Waals surface area contributed by atoms with Crippen LogP contribution in [-0.2, 0) is 14.3 Å². The molecule has 0 aromatic carbocycles. The maximum absolute atomic E-state index is 13.8. The van der Waals surface area contributed by atoms with Crippen LogP contribution in [0.15, 0.2) is 46.0 Å². The first-order valence-electron chi connectivity index (χ1n) is 10.6. The maximum atomic E-state index is 13.8. The van der Waals surface area contributed by atoms with E-state index in [1.165, 1.54) is 0 Å². The molecule has 0 bridgehead atoms. The highest BCUT2D eigenvalue weighted by atomic mass is 16.5. The van der Waals surface area contributed by atoms with E-state index in [0.717, 1.165) is 11.1 Å². The number of aliphatic hydroxyl groups excluding tert-OH is 1. The summed E-state index contributed by atoms with van der Waals surface area (Å²) in [6, 6.07) is 0. The highest BCUT2D eigenvalue weighted by Crippen LogP contribution is 2.55. The number of aliphatic hydroxyl groups is 2. The zero-order valence-electron chi connectivity index (χ0n) is 19.5. The van der Waals surface area contributed by atoms with Crippen molar-refractivity contribution in [2.75, 3.05) is 0 Å². The van der Waals surface area contributed by atoms with Crippen LogP contribution in [0.1, 0.15) is 74.7 Å². The monoisotopic (exact) mass is 416 g/mol. The normalized spacial score (nSPS) is 24.1. The molecule has 0 saturated carbocycles. The van der Waals surface area contributed by atoms with Crippen LogP contribution in [0.2, 0.25) is 0 Å². The fourth-order valence-corrected chi connectivity index (χ4v) is 3.92. The molecule has 0 spiro atoms. The first-order chi connectivity index (χ1) is 13.7. The molecule has 0 unspecified atom stereocenters. The fourth-order valence-electron chi connectivity index (χ4n) is 3.92. The molecule has 1 aliphatic carbocycles. The molecule has 1 aliphatic heterocycles. The van der Waals surface area contributed by atoms with E-state index >= 15 is 0 Å². The van der Waals surface area contributed by atoms with Gasteiger partial charge in [-0.3, -0.25) is 9.59 Å². The van der Waals surface area contributed by atoms with Gasteiger partial charge < -0.3 is 14.9 Å². The van der Waals surface area contributed by atoms with Crippen LogP contribution in [0, 0.1) is 11.3 Å². The van der Waals surface area contributed by atoms with E-state index in [1.54, 1.807) is 27.7 Å². The summed E-state index contributed by atoms with van der Waals surface area (Å²) in [5, 5.41) is 21.7. The van der Waals surface area contributed by atoms with E-state index in [0.29, 0.717) is 24.2 Å². The topological polar surface area (TPSA) is 83.8 Å². The van der Waals surface area contributed by atoms with Gasteiger partial charge in [-0.25, -0.2) is 0 Å². The number of hydrogen-bond acceptors (Lipinski definition) is 5. The van der Waals surface area contributed by atoms with Gasteiger partial charge in [-0.1, -0.05) is 37.1 Å². The van der Waals surface area contributed by atoms with Gasteiger partial charge in [0, 0.05) is 17.9 Å². The smallest absolute Gasteiger partial charge is 0.184 e. The average molecular weight is 417 g/mol. The second-order valence-electron chi connectivity index (χ2n) is 9.90. The molecule has 0 amide bonds. The Hall–Kier alpha value is -2.14. The molecular weight excluding hydrogens is 380 g/mol. The Morgan fingerprint density at radius 1 is 1.20 bits per heavy atom. The zero-order valence-corrected chi connectivity index (χ0v) is 19.5. The van der Waals surface area contributed by atoms with E-state index in [9.17, 15) is 19.8 Å². The molecule has 5 nitrogen and oxygen atoms in total. The fraction of sp³-hybridized carbons (Fsp3) is 0.600. The summed E-state index contributed by atoms with van der Waals surface area (Å²) in [6.07, 6.45) is 4.25. The number of allylic oxidation sites excluding steroid dienone is 7. The lowest BCUT2D eigenvalue weighted by Crippen LogP contribution is -2.41. The van der Waals surface area contributed by atoms with Gasteiger partial charge in [0.2, 0.25) is 0 Å². The third-order valence-corrected chi connectivity index (χ3v) is 5.82. The van der Waals surface area contributed by atoms with Crippen LogP contribution < -0.4 is 0 Å². The Labute approximate surface area is 180 Å². The lowest BCUT2D eigenvalue weighted by molar-refractivity contribution is -0.128. The van der Waals surface area contributed by atoms with E-state index < -0.39 is 28.8 Å². The van der Waals surface area contributed by atoms with Crippen LogP contribution in [0.3, 0.4) is 0 Å². The predicted octanol–water partition coefficient (Wildman–Crippen LogP) is 5.12. The minimum Gasteiger partial charge on any atom is -0.507 e. The number of ether oxygens (including phenoxy) is 1. The van der Waals surface area contributed by atoms with Crippen molar-refractivity contribution in [1.82, 2.24) is 0 Å². The summed E-state index contributed by atoms with van der Waals surface area (Å²) in [5.74, 6) is -1.08. The zero-order chi connectivity index (χ0) is 23.0. The minimum atomic E-state index is -1.18. The van der Waals surface area contributed by atoms with E-state index in [1.807, 2.05) is 39.8 Å². The molecule has 2 rings (SSSR count). The molecule has 30 heavy (non-hydrogen) atoms. The SMILES string of the molecule is CC(C)=CCC1=C2O[C@@H](C(C)(C)O)C[C@]2(CC=C(C)C)C(=O)C(C(=O)C(C)C)=C1O. The predicted molar refractivity (Wildman–Crippen MR) is 118 cm³/mol. The number of Topliss-reactive ketones (excluding diaryl/α,β-unsaturated/α-hetero) is 2. The van der Waals surface area contributed by atoms with Crippen LogP contribution in [-0.4, -0.2) is 33.5 Å². The molecule has 0 radical (unpaired) electrons. The number of hydrogen-bond donors (Lipinski definition) is 2. The van der Waals surface area contributed by atoms with E-state index in [4.69, 9.17) is 4.74 Å². The van der Waals surface area contributed by atoms with Crippen molar-refractivity contribution in [3.63, 3.8) is 0 Å². The van der Waals surface area contributed by atoms with Crippen LogP contribution in [0.25, 0.3) is 0 Å². The van der Waals surface area contributed by atoms with Gasteiger partial charge in [-0.15, -0.1) is 0 Å². The summed E-state index contributed by atoms with van der Waals surface area (Å²) in [7, 11) is 0. The summed E-state index contributed by atoms with van der Waals surface area (Å²) >= 11 is 0. The highest BCUT2D eigenvalue weighted by Gasteiger charge is 2.59. The first-order valence-corrected chi connectivity index (χ1v) is 10.6. The van der Waals surface area contributed by atoms with Crippen molar-refractivity contribution >= 4 is 11.6 Å². The summed E-state index contributed by atoms with van der Waals surface area (Å²) < 4.78 is 6.18. The van der Waals surface area contributed by atoms with Gasteiger partial charge >= 0.3 is 0 Å². The number of rotatable bonds is 7. The highest BCUT2D eigenvalue weighted by molar-refractivity contribution is 6.25. The largest absolute Gasteiger partial charge is 0.507 e. The summed E-state index contributed by atoms with van der Waals surface area (Å²) in [4.78, 5) is 26.7. The van der Waals surface area contributed by atoms with E-state index in [-0.39, 0.29) is 23.5 Å². The molecular formula is C25H36O5. The molecule has 1 heterocycles. The Bertz CT molecular complexity index is 852. The number of fused-ring (bicyclic) bond motifs is 1. The van der Waals surface area contributed by atoms with Crippen molar-refractivity contribution in [2.24, 2.45) is 11.3 Å². The van der Waals surface area contributed by atoms with Crippen molar-refractivity contribution in [3.05, 3.63) is 46.0 Å². The lowest BCUT2D eigenvalue weighted by atomic mass is 9.66. The van der Waals surface area contributed by atoms with Crippen LogP contribution >= 0.6 is 0 Å². The molecule has 1 fully saturated rings. The molecule has 2 aliphatic rings. The van der Waals surface area contributed by atoms with Crippen LogP contribution in [0.4, 0.5) is 0 Å². The molecule has 2 N–H and O–H groups in total. The molecule has 0 aromatic rings. The number of carbonyl (C=O) groups is 2. The Balaban J connectivity index is 2.80. The molecule has 5 heteroatoms. The Morgan fingerprint density at radius 3 is 2.23 bits per heavy atom. The molecule has 0 aromatic heterocycles. The maximum Gasteiger partial charge on any atom is 0.184 e. The van der Waals surface area contributed by atoms with Crippen molar-refractivity contribution in [3.8, 4) is 0 Å². The second-order valence-corrected chi connectivity index (χ2v) is 9.90. The summed E-state index contributed by atoms with van der Waals surface area (Å²) in [6.45, 7) is 14.5.